The Labute approximate surface area is 97.6 Å². The molecule has 0 aromatic rings. The molecule has 1 rings (SSSR count). The summed E-state index contributed by atoms with van der Waals surface area (Å²) in [6.07, 6.45) is 0. The summed E-state index contributed by atoms with van der Waals surface area (Å²) in [5.41, 5.74) is 0. The zero-order chi connectivity index (χ0) is 12.0. The minimum atomic E-state index is -0.732. The van der Waals surface area contributed by atoms with Crippen molar-refractivity contribution in [3.63, 3.8) is 0 Å². The smallest absolute Gasteiger partial charge is 0.317 e. The van der Waals surface area contributed by atoms with Crippen LogP contribution in [0, 0.1) is 0 Å². The van der Waals surface area contributed by atoms with E-state index in [0.717, 1.165) is 45.8 Å². The minimum Gasteiger partial charge on any atom is -0.480 e. The van der Waals surface area contributed by atoms with Crippen molar-refractivity contribution >= 4 is 5.97 Å². The van der Waals surface area contributed by atoms with Gasteiger partial charge in [-0.25, -0.2) is 0 Å². The van der Waals surface area contributed by atoms with Gasteiger partial charge in [0.25, 0.3) is 0 Å². The average molecular weight is 229 g/mol. The van der Waals surface area contributed by atoms with Crippen molar-refractivity contribution in [1.29, 1.82) is 0 Å². The Morgan fingerprint density at radius 3 is 2.12 bits per heavy atom. The molecule has 1 saturated heterocycles. The second-order valence-corrected chi connectivity index (χ2v) is 4.41. The van der Waals surface area contributed by atoms with E-state index in [1.54, 1.807) is 0 Å². The fraction of sp³-hybridized carbons (Fsp3) is 0.909. The average Bonchev–Trinajstić information content (AvgIpc) is 2.31. The third-order valence-electron chi connectivity index (χ3n) is 3.13. The van der Waals surface area contributed by atoms with Gasteiger partial charge in [-0.15, -0.1) is 0 Å². The first kappa shape index (κ1) is 13.4. The van der Waals surface area contributed by atoms with E-state index in [1.165, 1.54) is 0 Å². The maximum Gasteiger partial charge on any atom is 0.317 e. The van der Waals surface area contributed by atoms with Crippen LogP contribution in [0.1, 0.15) is 6.92 Å². The van der Waals surface area contributed by atoms with Gasteiger partial charge in [-0.3, -0.25) is 9.69 Å². The first-order valence-electron chi connectivity index (χ1n) is 5.97. The predicted molar refractivity (Wildman–Crippen MR) is 63.7 cm³/mol. The van der Waals surface area contributed by atoms with Gasteiger partial charge in [0.15, 0.2) is 0 Å². The Morgan fingerprint density at radius 1 is 1.06 bits per heavy atom. The molecule has 1 N–H and O–H groups in total. The van der Waals surface area contributed by atoms with Crippen LogP contribution >= 0.6 is 0 Å². The molecule has 0 aromatic heterocycles. The van der Waals surface area contributed by atoms with Gasteiger partial charge in [-0.2, -0.15) is 0 Å². The molecule has 0 spiro atoms. The van der Waals surface area contributed by atoms with Gasteiger partial charge in [0.05, 0.1) is 6.54 Å². The van der Waals surface area contributed by atoms with E-state index in [-0.39, 0.29) is 6.54 Å². The van der Waals surface area contributed by atoms with Crippen molar-refractivity contribution in [2.45, 2.75) is 6.92 Å². The van der Waals surface area contributed by atoms with Crippen molar-refractivity contribution < 1.29 is 9.90 Å². The molecule has 1 heterocycles. The van der Waals surface area contributed by atoms with E-state index in [0.29, 0.717) is 0 Å². The summed E-state index contributed by atoms with van der Waals surface area (Å²) in [5, 5.41) is 8.82. The van der Waals surface area contributed by atoms with E-state index < -0.39 is 5.97 Å². The normalized spacial score (nSPS) is 22.4. The van der Waals surface area contributed by atoms with Crippen molar-refractivity contribution in [1.82, 2.24) is 14.7 Å². The summed E-state index contributed by atoms with van der Waals surface area (Å²) < 4.78 is 0. The van der Waals surface area contributed by atoms with Crippen LogP contribution in [0.15, 0.2) is 0 Å². The number of hydrogen-bond acceptors (Lipinski definition) is 4. The number of hydrogen-bond donors (Lipinski definition) is 1. The molecule has 0 atom stereocenters. The van der Waals surface area contributed by atoms with Crippen molar-refractivity contribution in [2.75, 3.05) is 59.4 Å². The fourth-order valence-electron chi connectivity index (χ4n) is 1.91. The zero-order valence-electron chi connectivity index (χ0n) is 10.4. The van der Waals surface area contributed by atoms with E-state index in [4.69, 9.17) is 5.11 Å². The van der Waals surface area contributed by atoms with Gasteiger partial charge >= 0.3 is 5.97 Å². The lowest BCUT2D eigenvalue weighted by molar-refractivity contribution is -0.138. The maximum absolute atomic E-state index is 10.7. The highest BCUT2D eigenvalue weighted by atomic mass is 16.4. The van der Waals surface area contributed by atoms with Crippen molar-refractivity contribution in [2.24, 2.45) is 0 Å². The summed E-state index contributed by atoms with van der Waals surface area (Å²) in [5.74, 6) is -0.732. The van der Waals surface area contributed by atoms with E-state index >= 15 is 0 Å². The van der Waals surface area contributed by atoms with Gasteiger partial charge < -0.3 is 14.9 Å². The molecule has 0 unspecified atom stereocenters. The van der Waals surface area contributed by atoms with Crippen LogP contribution < -0.4 is 0 Å². The second kappa shape index (κ2) is 6.83. The Bertz CT molecular complexity index is 223. The molecule has 5 heteroatoms. The monoisotopic (exact) mass is 229 g/mol. The lowest BCUT2D eigenvalue weighted by Crippen LogP contribution is -2.38. The van der Waals surface area contributed by atoms with Gasteiger partial charge in [0, 0.05) is 39.3 Å². The van der Waals surface area contributed by atoms with E-state index in [9.17, 15) is 4.79 Å². The van der Waals surface area contributed by atoms with Crippen LogP contribution in [0.25, 0.3) is 0 Å². The largest absolute Gasteiger partial charge is 0.480 e. The summed E-state index contributed by atoms with van der Waals surface area (Å²) in [7, 11) is 2.10. The molecule has 94 valence electrons. The number of aliphatic carboxylic acids is 1. The fourth-order valence-corrected chi connectivity index (χ4v) is 1.91. The first-order chi connectivity index (χ1) is 7.61. The lowest BCUT2D eigenvalue weighted by Gasteiger charge is -2.23. The van der Waals surface area contributed by atoms with Gasteiger partial charge in [-0.05, 0) is 13.6 Å². The van der Waals surface area contributed by atoms with Gasteiger partial charge in [0.2, 0.25) is 0 Å². The molecule has 0 aromatic carbocycles. The molecule has 1 aliphatic rings. The highest BCUT2D eigenvalue weighted by molar-refractivity contribution is 5.69. The number of likely N-dealkylation sites (N-methyl/N-ethyl adjacent to an activating group) is 2. The summed E-state index contributed by atoms with van der Waals surface area (Å²) in [4.78, 5) is 17.4. The van der Waals surface area contributed by atoms with Gasteiger partial charge in [-0.1, -0.05) is 6.92 Å². The molecule has 0 saturated carbocycles. The SMILES string of the molecule is CCN1CCN(C)CCN(CC(=O)O)CC1. The molecule has 0 radical (unpaired) electrons. The number of carboxylic acids is 1. The third-order valence-corrected chi connectivity index (χ3v) is 3.13. The topological polar surface area (TPSA) is 47.0 Å². The van der Waals surface area contributed by atoms with Crippen LogP contribution in [-0.2, 0) is 4.79 Å². The second-order valence-electron chi connectivity index (χ2n) is 4.41. The van der Waals surface area contributed by atoms with Crippen molar-refractivity contribution in [3.05, 3.63) is 0 Å². The van der Waals surface area contributed by atoms with Crippen LogP contribution in [0.4, 0.5) is 0 Å². The van der Waals surface area contributed by atoms with Gasteiger partial charge in [0.1, 0.15) is 0 Å². The van der Waals surface area contributed by atoms with E-state index in [2.05, 4.69) is 23.8 Å². The predicted octanol–water partition coefficient (Wildman–Crippen LogP) is -0.360. The summed E-state index contributed by atoms with van der Waals surface area (Å²) >= 11 is 0. The Balaban J connectivity index is 2.49. The Kier molecular flexibility index (Phi) is 5.73. The third kappa shape index (κ3) is 4.92. The molecule has 16 heavy (non-hydrogen) atoms. The summed E-state index contributed by atoms with van der Waals surface area (Å²) in [6, 6.07) is 0. The number of carbonyl (C=O) groups is 1. The molecule has 1 aliphatic heterocycles. The molecular formula is C11H23N3O2. The molecule has 0 amide bonds. The van der Waals surface area contributed by atoms with Crippen LogP contribution in [0.2, 0.25) is 0 Å². The molecule has 0 bridgehead atoms. The molecule has 5 nitrogen and oxygen atoms in total. The minimum absolute atomic E-state index is 0.158. The molecular weight excluding hydrogens is 206 g/mol. The number of rotatable bonds is 3. The number of nitrogens with zero attached hydrogens (tertiary/aromatic N) is 3. The van der Waals surface area contributed by atoms with E-state index in [1.807, 2.05) is 4.90 Å². The Hall–Kier alpha value is -0.650. The van der Waals surface area contributed by atoms with Crippen LogP contribution in [0.5, 0.6) is 0 Å². The lowest BCUT2D eigenvalue weighted by atomic mass is 10.4. The Morgan fingerprint density at radius 2 is 1.56 bits per heavy atom. The molecule has 1 fully saturated rings. The maximum atomic E-state index is 10.7. The highest BCUT2D eigenvalue weighted by Crippen LogP contribution is 1.98. The zero-order valence-corrected chi connectivity index (χ0v) is 10.4. The summed E-state index contributed by atoms with van der Waals surface area (Å²) in [6.45, 7) is 9.11. The quantitative estimate of drug-likeness (QED) is 0.716. The van der Waals surface area contributed by atoms with Crippen LogP contribution in [0.3, 0.4) is 0 Å². The highest BCUT2D eigenvalue weighted by Gasteiger charge is 2.15. The van der Waals surface area contributed by atoms with Crippen molar-refractivity contribution in [3.8, 4) is 0 Å². The first-order valence-corrected chi connectivity index (χ1v) is 5.97. The molecule has 0 aliphatic carbocycles. The van der Waals surface area contributed by atoms with Crippen LogP contribution in [-0.4, -0.2) is 85.2 Å². The number of carboxylic acid groups (broad SMARTS) is 1. The standard InChI is InChI=1S/C11H23N3O2/c1-3-13-6-4-12(2)5-7-14(9-8-13)10-11(15)16/h3-10H2,1-2H3,(H,15,16).